The molecule has 0 aromatic rings. The fraction of sp³-hybridized carbons (Fsp3) is 0.429. The van der Waals surface area contributed by atoms with Crippen LogP contribution in [-0.2, 0) is 0 Å². The molecule has 9 heavy (non-hydrogen) atoms. The molecule has 0 saturated carbocycles. The molecule has 0 nitrogen and oxygen atoms in total. The molecule has 0 bridgehead atoms. The summed E-state index contributed by atoms with van der Waals surface area (Å²) in [5.41, 5.74) is 1.23. The molecule has 0 aromatic carbocycles. The SMILES string of the molecule is ClCC1=CCC(Br)C=C1. The first-order valence-electron chi connectivity index (χ1n) is 2.90. The van der Waals surface area contributed by atoms with Crippen LogP contribution >= 0.6 is 27.5 Å². The van der Waals surface area contributed by atoms with Gasteiger partial charge in [0.2, 0.25) is 0 Å². The zero-order chi connectivity index (χ0) is 6.69. The van der Waals surface area contributed by atoms with Crippen LogP contribution in [0.5, 0.6) is 0 Å². The van der Waals surface area contributed by atoms with Crippen molar-refractivity contribution in [1.82, 2.24) is 0 Å². The molecule has 2 heteroatoms. The van der Waals surface area contributed by atoms with Crippen molar-refractivity contribution in [3.8, 4) is 0 Å². The molecule has 1 rings (SSSR count). The molecule has 0 amide bonds. The van der Waals surface area contributed by atoms with Crippen LogP contribution in [0.4, 0.5) is 0 Å². The van der Waals surface area contributed by atoms with Crippen molar-refractivity contribution in [3.05, 3.63) is 23.8 Å². The summed E-state index contributed by atoms with van der Waals surface area (Å²) < 4.78 is 0. The molecule has 0 spiro atoms. The first kappa shape index (κ1) is 7.36. The van der Waals surface area contributed by atoms with E-state index in [9.17, 15) is 0 Å². The molecule has 0 aromatic heterocycles. The molecule has 1 aliphatic rings. The van der Waals surface area contributed by atoms with Crippen molar-refractivity contribution in [3.63, 3.8) is 0 Å². The van der Waals surface area contributed by atoms with E-state index in [-0.39, 0.29) is 0 Å². The van der Waals surface area contributed by atoms with Gasteiger partial charge in [-0.15, -0.1) is 11.6 Å². The van der Waals surface area contributed by atoms with Crippen LogP contribution in [-0.4, -0.2) is 10.7 Å². The third kappa shape index (κ3) is 2.15. The first-order valence-corrected chi connectivity index (χ1v) is 4.35. The summed E-state index contributed by atoms with van der Waals surface area (Å²) in [5.74, 6) is 0.635. The van der Waals surface area contributed by atoms with E-state index in [1.54, 1.807) is 0 Å². The summed E-state index contributed by atoms with van der Waals surface area (Å²) in [6, 6.07) is 0. The molecule has 50 valence electrons. The van der Waals surface area contributed by atoms with E-state index in [0.29, 0.717) is 10.7 Å². The van der Waals surface area contributed by atoms with Crippen LogP contribution in [0.25, 0.3) is 0 Å². The highest BCUT2D eigenvalue weighted by Crippen LogP contribution is 2.16. The molecular formula is C7H8BrCl. The minimum atomic E-state index is 0.518. The second kappa shape index (κ2) is 3.43. The highest BCUT2D eigenvalue weighted by atomic mass is 79.9. The van der Waals surface area contributed by atoms with Crippen molar-refractivity contribution >= 4 is 27.5 Å². The third-order valence-electron chi connectivity index (χ3n) is 1.28. The fourth-order valence-corrected chi connectivity index (χ4v) is 1.28. The van der Waals surface area contributed by atoms with Crippen LogP contribution in [0.3, 0.4) is 0 Å². The van der Waals surface area contributed by atoms with Gasteiger partial charge in [-0.25, -0.2) is 0 Å². The normalized spacial score (nSPS) is 26.0. The maximum atomic E-state index is 5.59. The van der Waals surface area contributed by atoms with Crippen LogP contribution < -0.4 is 0 Å². The van der Waals surface area contributed by atoms with E-state index in [0.717, 1.165) is 6.42 Å². The number of rotatable bonds is 1. The fourth-order valence-electron chi connectivity index (χ4n) is 0.738. The number of hydrogen-bond acceptors (Lipinski definition) is 0. The lowest BCUT2D eigenvalue weighted by Gasteiger charge is -2.06. The Hall–Kier alpha value is 0.250. The summed E-state index contributed by atoms with van der Waals surface area (Å²) in [4.78, 5) is 0.518. The molecule has 1 atom stereocenters. The van der Waals surface area contributed by atoms with E-state index in [4.69, 9.17) is 11.6 Å². The molecular weight excluding hydrogens is 199 g/mol. The van der Waals surface area contributed by atoms with Crippen molar-refractivity contribution in [2.45, 2.75) is 11.2 Å². The van der Waals surface area contributed by atoms with E-state index >= 15 is 0 Å². The van der Waals surface area contributed by atoms with E-state index in [2.05, 4.69) is 34.2 Å². The Bertz CT molecular complexity index is 149. The van der Waals surface area contributed by atoms with Crippen molar-refractivity contribution in [2.24, 2.45) is 0 Å². The Kier molecular flexibility index (Phi) is 2.80. The lowest BCUT2D eigenvalue weighted by Crippen LogP contribution is -1.96. The first-order chi connectivity index (χ1) is 4.33. The van der Waals surface area contributed by atoms with E-state index < -0.39 is 0 Å². The Balaban J connectivity index is 2.52. The van der Waals surface area contributed by atoms with Gasteiger partial charge in [0.15, 0.2) is 0 Å². The predicted octanol–water partition coefficient (Wildman–Crippen LogP) is 2.88. The summed E-state index contributed by atoms with van der Waals surface area (Å²) in [6.45, 7) is 0. The second-order valence-electron chi connectivity index (χ2n) is 2.02. The van der Waals surface area contributed by atoms with Crippen LogP contribution in [0, 0.1) is 0 Å². The minimum absolute atomic E-state index is 0.518. The van der Waals surface area contributed by atoms with Gasteiger partial charge in [-0.2, -0.15) is 0 Å². The Morgan fingerprint density at radius 2 is 2.56 bits per heavy atom. The zero-order valence-corrected chi connectivity index (χ0v) is 7.32. The van der Waals surface area contributed by atoms with Gasteiger partial charge in [-0.05, 0) is 12.0 Å². The van der Waals surface area contributed by atoms with Gasteiger partial charge in [0, 0.05) is 10.7 Å². The number of allylic oxidation sites excluding steroid dienone is 4. The molecule has 1 aliphatic carbocycles. The summed E-state index contributed by atoms with van der Waals surface area (Å²) >= 11 is 9.06. The van der Waals surface area contributed by atoms with E-state index in [1.165, 1.54) is 5.57 Å². The molecule has 0 radical (unpaired) electrons. The number of halogens is 2. The summed E-state index contributed by atoms with van der Waals surface area (Å²) in [5, 5.41) is 0. The molecule has 0 fully saturated rings. The van der Waals surface area contributed by atoms with Crippen LogP contribution in [0.15, 0.2) is 23.8 Å². The quantitative estimate of drug-likeness (QED) is 0.580. The van der Waals surface area contributed by atoms with Gasteiger partial charge in [-0.3, -0.25) is 0 Å². The maximum Gasteiger partial charge on any atom is 0.0470 e. The van der Waals surface area contributed by atoms with Crippen molar-refractivity contribution in [2.75, 3.05) is 5.88 Å². The minimum Gasteiger partial charge on any atom is -0.122 e. The highest BCUT2D eigenvalue weighted by Gasteiger charge is 2.02. The van der Waals surface area contributed by atoms with Crippen LogP contribution in [0.1, 0.15) is 6.42 Å². The third-order valence-corrected chi connectivity index (χ3v) is 2.27. The van der Waals surface area contributed by atoms with Gasteiger partial charge in [0.1, 0.15) is 0 Å². The maximum absolute atomic E-state index is 5.59. The second-order valence-corrected chi connectivity index (χ2v) is 3.47. The highest BCUT2D eigenvalue weighted by molar-refractivity contribution is 9.09. The Morgan fingerprint density at radius 1 is 1.78 bits per heavy atom. The Labute approximate surface area is 68.7 Å². The molecule has 0 N–H and O–H groups in total. The van der Waals surface area contributed by atoms with Crippen molar-refractivity contribution < 1.29 is 0 Å². The average Bonchev–Trinajstić information content (AvgIpc) is 1.90. The average molecular weight is 207 g/mol. The van der Waals surface area contributed by atoms with Gasteiger partial charge in [0.05, 0.1) is 0 Å². The molecule has 0 saturated heterocycles. The van der Waals surface area contributed by atoms with Gasteiger partial charge >= 0.3 is 0 Å². The standard InChI is InChI=1S/C7H8BrCl/c8-7-3-1-6(5-9)2-4-7/h1-3,7H,4-5H2. The monoisotopic (exact) mass is 206 g/mol. The summed E-state index contributed by atoms with van der Waals surface area (Å²) in [6.07, 6.45) is 7.42. The van der Waals surface area contributed by atoms with Crippen molar-refractivity contribution in [1.29, 1.82) is 0 Å². The van der Waals surface area contributed by atoms with Gasteiger partial charge in [-0.1, -0.05) is 34.2 Å². The predicted molar refractivity (Wildman–Crippen MR) is 45.3 cm³/mol. The van der Waals surface area contributed by atoms with Gasteiger partial charge in [0.25, 0.3) is 0 Å². The zero-order valence-electron chi connectivity index (χ0n) is 4.98. The van der Waals surface area contributed by atoms with E-state index in [1.807, 2.05) is 0 Å². The lowest BCUT2D eigenvalue weighted by atomic mass is 10.1. The number of alkyl halides is 2. The molecule has 1 unspecified atom stereocenters. The van der Waals surface area contributed by atoms with Gasteiger partial charge < -0.3 is 0 Å². The van der Waals surface area contributed by atoms with Crippen LogP contribution in [0.2, 0.25) is 0 Å². The lowest BCUT2D eigenvalue weighted by molar-refractivity contribution is 1.05. The Morgan fingerprint density at radius 3 is 3.00 bits per heavy atom. The largest absolute Gasteiger partial charge is 0.122 e. The summed E-state index contributed by atoms with van der Waals surface area (Å²) in [7, 11) is 0. The number of hydrogen-bond donors (Lipinski definition) is 0. The smallest absolute Gasteiger partial charge is 0.0470 e. The molecule has 0 heterocycles. The molecule has 0 aliphatic heterocycles. The topological polar surface area (TPSA) is 0 Å².